The number of nitrogens with two attached hydrogens (primary N) is 1. The van der Waals surface area contributed by atoms with Crippen molar-refractivity contribution in [2.75, 3.05) is 6.54 Å². The van der Waals surface area contributed by atoms with Crippen LogP contribution >= 0.6 is 12.2 Å². The maximum Gasteiger partial charge on any atom is 0.170 e. The predicted molar refractivity (Wildman–Crippen MR) is 41.8 cm³/mol. The van der Waals surface area contributed by atoms with Gasteiger partial charge >= 0.3 is 0 Å². The quantitative estimate of drug-likeness (QED) is 0.500. The van der Waals surface area contributed by atoms with Crippen LogP contribution in [0.15, 0.2) is 24.4 Å². The highest BCUT2D eigenvalue weighted by molar-refractivity contribution is 7.80. The monoisotopic (exact) mass is 140 g/mol. The average molecular weight is 140 g/mol. The molecule has 2 nitrogen and oxygen atoms in total. The Morgan fingerprint density at radius 3 is 2.67 bits per heavy atom. The van der Waals surface area contributed by atoms with E-state index in [1.54, 1.807) is 4.90 Å². The molecule has 0 unspecified atom stereocenters. The van der Waals surface area contributed by atoms with E-state index in [4.69, 9.17) is 18.0 Å². The third kappa shape index (κ3) is 1.54. The molecule has 0 fully saturated rings. The minimum absolute atomic E-state index is 0.426. The minimum atomic E-state index is 0.426. The SMILES string of the molecule is NC(=S)N1C=CC=CC1. The van der Waals surface area contributed by atoms with Crippen LogP contribution in [0.5, 0.6) is 0 Å². The van der Waals surface area contributed by atoms with Gasteiger partial charge in [-0.05, 0) is 18.3 Å². The third-order valence-electron chi connectivity index (χ3n) is 1.10. The van der Waals surface area contributed by atoms with Gasteiger partial charge in [0.05, 0.1) is 0 Å². The molecule has 48 valence electrons. The van der Waals surface area contributed by atoms with E-state index < -0.39 is 0 Å². The van der Waals surface area contributed by atoms with E-state index in [0.29, 0.717) is 5.11 Å². The van der Waals surface area contributed by atoms with Crippen LogP contribution in [0.3, 0.4) is 0 Å². The first-order valence-electron chi connectivity index (χ1n) is 2.70. The second-order valence-electron chi connectivity index (χ2n) is 1.76. The van der Waals surface area contributed by atoms with E-state index in [2.05, 4.69) is 0 Å². The summed E-state index contributed by atoms with van der Waals surface area (Å²) in [6.07, 6.45) is 7.74. The topological polar surface area (TPSA) is 29.3 Å². The van der Waals surface area contributed by atoms with Crippen LogP contribution in [0.4, 0.5) is 0 Å². The van der Waals surface area contributed by atoms with Gasteiger partial charge in [0, 0.05) is 12.7 Å². The molecule has 0 amide bonds. The van der Waals surface area contributed by atoms with Crippen molar-refractivity contribution >= 4 is 17.3 Å². The molecule has 0 aromatic heterocycles. The lowest BCUT2D eigenvalue weighted by Gasteiger charge is -2.17. The van der Waals surface area contributed by atoms with E-state index in [1.165, 1.54) is 0 Å². The Balaban J connectivity index is 2.56. The number of rotatable bonds is 0. The zero-order valence-electron chi connectivity index (χ0n) is 4.95. The fraction of sp³-hybridized carbons (Fsp3) is 0.167. The smallest absolute Gasteiger partial charge is 0.170 e. The molecule has 0 bridgehead atoms. The molecule has 1 heterocycles. The van der Waals surface area contributed by atoms with Crippen molar-refractivity contribution in [2.45, 2.75) is 0 Å². The molecule has 0 saturated carbocycles. The summed E-state index contributed by atoms with van der Waals surface area (Å²) in [5, 5.41) is 0.426. The summed E-state index contributed by atoms with van der Waals surface area (Å²) >= 11 is 4.73. The summed E-state index contributed by atoms with van der Waals surface area (Å²) < 4.78 is 0. The van der Waals surface area contributed by atoms with Crippen LogP contribution in [0.2, 0.25) is 0 Å². The molecule has 0 atom stereocenters. The highest BCUT2D eigenvalue weighted by Gasteiger charge is 1.99. The van der Waals surface area contributed by atoms with E-state index in [0.717, 1.165) is 6.54 Å². The number of hydrogen-bond donors (Lipinski definition) is 1. The molecule has 0 aliphatic carbocycles. The molecular weight excluding hydrogens is 132 g/mol. The number of thiocarbonyl (C=S) groups is 1. The summed E-state index contributed by atoms with van der Waals surface area (Å²) in [5.74, 6) is 0. The Labute approximate surface area is 59.6 Å². The van der Waals surface area contributed by atoms with Crippen molar-refractivity contribution in [2.24, 2.45) is 5.73 Å². The van der Waals surface area contributed by atoms with Crippen molar-refractivity contribution in [1.82, 2.24) is 4.90 Å². The van der Waals surface area contributed by atoms with Crippen LogP contribution in [0.1, 0.15) is 0 Å². The zero-order valence-corrected chi connectivity index (χ0v) is 5.77. The number of nitrogens with zero attached hydrogens (tertiary/aromatic N) is 1. The van der Waals surface area contributed by atoms with Gasteiger partial charge in [0.25, 0.3) is 0 Å². The molecule has 0 aromatic rings. The van der Waals surface area contributed by atoms with Crippen LogP contribution in [0, 0.1) is 0 Å². The van der Waals surface area contributed by atoms with Gasteiger partial charge in [0.15, 0.2) is 5.11 Å². The van der Waals surface area contributed by atoms with Gasteiger partial charge in [0.2, 0.25) is 0 Å². The van der Waals surface area contributed by atoms with E-state index in [1.807, 2.05) is 24.4 Å². The fourth-order valence-electron chi connectivity index (χ4n) is 0.631. The summed E-state index contributed by atoms with van der Waals surface area (Å²) in [6.45, 7) is 0.797. The first-order valence-corrected chi connectivity index (χ1v) is 3.11. The maximum atomic E-state index is 5.34. The normalized spacial score (nSPS) is 16.2. The van der Waals surface area contributed by atoms with E-state index in [-0.39, 0.29) is 0 Å². The second-order valence-corrected chi connectivity index (χ2v) is 2.18. The molecule has 2 N–H and O–H groups in total. The summed E-state index contributed by atoms with van der Waals surface area (Å²) in [5.41, 5.74) is 5.34. The van der Waals surface area contributed by atoms with Crippen molar-refractivity contribution in [3.05, 3.63) is 24.4 Å². The highest BCUT2D eigenvalue weighted by atomic mass is 32.1. The first kappa shape index (κ1) is 6.29. The predicted octanol–water partition coefficient (Wildman–Crippen LogP) is 0.616. The zero-order chi connectivity index (χ0) is 6.69. The molecule has 0 saturated heterocycles. The average Bonchev–Trinajstić information content (AvgIpc) is 1.90. The number of hydrogen-bond acceptors (Lipinski definition) is 1. The van der Waals surface area contributed by atoms with Crippen molar-refractivity contribution in [1.29, 1.82) is 0 Å². The standard InChI is InChI=1S/C6H8N2S/c7-6(9)8-4-2-1-3-5-8/h1-4H,5H2,(H2,7,9). The molecule has 1 aliphatic heterocycles. The lowest BCUT2D eigenvalue weighted by Crippen LogP contribution is -2.31. The molecule has 9 heavy (non-hydrogen) atoms. The molecule has 0 radical (unpaired) electrons. The van der Waals surface area contributed by atoms with Crippen molar-refractivity contribution < 1.29 is 0 Å². The van der Waals surface area contributed by atoms with Gasteiger partial charge in [-0.3, -0.25) is 0 Å². The Bertz CT molecular complexity index is 172. The lowest BCUT2D eigenvalue weighted by molar-refractivity contribution is 0.621. The fourth-order valence-corrected chi connectivity index (χ4v) is 0.766. The van der Waals surface area contributed by atoms with Gasteiger partial charge in [-0.25, -0.2) is 0 Å². The molecule has 1 rings (SSSR count). The summed E-state index contributed by atoms with van der Waals surface area (Å²) in [6, 6.07) is 0. The van der Waals surface area contributed by atoms with Crippen LogP contribution in [-0.4, -0.2) is 16.6 Å². The summed E-state index contributed by atoms with van der Waals surface area (Å²) in [7, 11) is 0. The molecule has 0 aromatic carbocycles. The molecule has 3 heteroatoms. The highest BCUT2D eigenvalue weighted by Crippen LogP contribution is 1.96. The largest absolute Gasteiger partial charge is 0.376 e. The Kier molecular flexibility index (Phi) is 1.85. The van der Waals surface area contributed by atoms with Crippen LogP contribution in [-0.2, 0) is 0 Å². The lowest BCUT2D eigenvalue weighted by atomic mass is 10.4. The molecule has 1 aliphatic rings. The third-order valence-corrected chi connectivity index (χ3v) is 1.33. The van der Waals surface area contributed by atoms with Gasteiger partial charge in [-0.15, -0.1) is 0 Å². The number of allylic oxidation sites excluding steroid dienone is 2. The minimum Gasteiger partial charge on any atom is -0.376 e. The molecule has 0 spiro atoms. The van der Waals surface area contributed by atoms with Gasteiger partial charge in [0.1, 0.15) is 0 Å². The Morgan fingerprint density at radius 1 is 1.56 bits per heavy atom. The molecular formula is C6H8N2S. The van der Waals surface area contributed by atoms with E-state index in [9.17, 15) is 0 Å². The first-order chi connectivity index (χ1) is 4.30. The summed E-state index contributed by atoms with van der Waals surface area (Å²) in [4.78, 5) is 1.80. The van der Waals surface area contributed by atoms with Crippen LogP contribution < -0.4 is 5.73 Å². The second kappa shape index (κ2) is 2.64. The maximum absolute atomic E-state index is 5.34. The Hall–Kier alpha value is -0.830. The van der Waals surface area contributed by atoms with Crippen LogP contribution in [0.25, 0.3) is 0 Å². The van der Waals surface area contributed by atoms with Crippen molar-refractivity contribution in [3.63, 3.8) is 0 Å². The van der Waals surface area contributed by atoms with Gasteiger partial charge < -0.3 is 10.6 Å². The van der Waals surface area contributed by atoms with Gasteiger partial charge in [-0.2, -0.15) is 0 Å². The van der Waals surface area contributed by atoms with Gasteiger partial charge in [-0.1, -0.05) is 12.2 Å². The Morgan fingerprint density at radius 2 is 2.33 bits per heavy atom. The van der Waals surface area contributed by atoms with Crippen molar-refractivity contribution in [3.8, 4) is 0 Å². The van der Waals surface area contributed by atoms with E-state index >= 15 is 0 Å².